The molecule has 1 atom stereocenters. The Hall–Kier alpha value is 0.0400. The second kappa shape index (κ2) is 8.42. The molecule has 3 rings (SSSR count). The van der Waals surface area contributed by atoms with Crippen LogP contribution in [0.4, 0.5) is 4.39 Å². The van der Waals surface area contributed by atoms with Crippen LogP contribution in [0, 0.1) is 11.2 Å². The summed E-state index contributed by atoms with van der Waals surface area (Å²) in [7, 11) is -5.16. The molecule has 0 fully saturated rings. The van der Waals surface area contributed by atoms with Gasteiger partial charge in [0.25, 0.3) is 10.4 Å². The van der Waals surface area contributed by atoms with Gasteiger partial charge in [-0.15, -0.1) is 0 Å². The summed E-state index contributed by atoms with van der Waals surface area (Å²) in [5.74, 6) is -1.89. The SMILES string of the molecule is CCCC[C@@]12CCC(=O)C(Br)=C1c1cc(F)c(OS(=O)(=O)[O-])c(Cl)c1C2.[Na+]. The number of benzene rings is 1. The number of carbonyl (C=O) groups excluding carboxylic acids is 1. The molecular formula is C17H16BrClFNaO5S. The Morgan fingerprint density at radius 3 is 2.70 bits per heavy atom. The molecule has 0 unspecified atom stereocenters. The monoisotopic (exact) mass is 488 g/mol. The Kier molecular flexibility index (Phi) is 7.27. The second-order valence-electron chi connectivity index (χ2n) is 6.69. The molecule has 0 spiro atoms. The number of hydrogen-bond acceptors (Lipinski definition) is 5. The van der Waals surface area contributed by atoms with Crippen molar-refractivity contribution in [3.8, 4) is 5.75 Å². The average Bonchev–Trinajstić information content (AvgIpc) is 2.88. The number of hydrogen-bond donors (Lipinski definition) is 0. The smallest absolute Gasteiger partial charge is 0.716 e. The van der Waals surface area contributed by atoms with Crippen molar-refractivity contribution in [2.75, 3.05) is 0 Å². The predicted octanol–water partition coefficient (Wildman–Crippen LogP) is 1.52. The third-order valence-electron chi connectivity index (χ3n) is 5.08. The molecule has 0 aliphatic heterocycles. The minimum atomic E-state index is -5.16. The van der Waals surface area contributed by atoms with Crippen molar-refractivity contribution in [1.82, 2.24) is 0 Å². The zero-order chi connectivity index (χ0) is 19.3. The van der Waals surface area contributed by atoms with Gasteiger partial charge in [0.15, 0.2) is 17.3 Å². The van der Waals surface area contributed by atoms with Crippen LogP contribution in [0.3, 0.4) is 0 Å². The maximum absolute atomic E-state index is 14.5. The molecule has 2 aliphatic carbocycles. The molecule has 2 aliphatic rings. The first-order chi connectivity index (χ1) is 12.1. The molecule has 0 radical (unpaired) electrons. The van der Waals surface area contributed by atoms with E-state index in [9.17, 15) is 22.2 Å². The summed E-state index contributed by atoms with van der Waals surface area (Å²) < 4.78 is 51.8. The van der Waals surface area contributed by atoms with Gasteiger partial charge in [0.05, 0.1) is 9.51 Å². The molecule has 142 valence electrons. The van der Waals surface area contributed by atoms with Crippen LogP contribution in [0.5, 0.6) is 5.75 Å². The van der Waals surface area contributed by atoms with Crippen molar-refractivity contribution in [3.05, 3.63) is 32.5 Å². The van der Waals surface area contributed by atoms with Gasteiger partial charge in [-0.3, -0.25) is 4.79 Å². The van der Waals surface area contributed by atoms with Crippen molar-refractivity contribution >= 4 is 49.3 Å². The summed E-state index contributed by atoms with van der Waals surface area (Å²) in [4.78, 5) is 12.2. The van der Waals surface area contributed by atoms with Crippen LogP contribution in [0.1, 0.15) is 50.2 Å². The number of fused-ring (bicyclic) bond motifs is 3. The minimum absolute atomic E-state index is 0. The van der Waals surface area contributed by atoms with Crippen LogP contribution in [0.25, 0.3) is 5.57 Å². The van der Waals surface area contributed by atoms with E-state index in [4.69, 9.17) is 11.6 Å². The van der Waals surface area contributed by atoms with Crippen molar-refractivity contribution in [2.24, 2.45) is 5.41 Å². The van der Waals surface area contributed by atoms with Gasteiger partial charge in [-0.25, -0.2) is 12.8 Å². The van der Waals surface area contributed by atoms with Gasteiger partial charge in [0.1, 0.15) is 0 Å². The summed E-state index contributed by atoms with van der Waals surface area (Å²) in [5, 5.41) is -0.232. The Bertz CT molecular complexity index is 934. The molecule has 0 bridgehead atoms. The maximum Gasteiger partial charge on any atom is 1.00 e. The Morgan fingerprint density at radius 1 is 1.44 bits per heavy atom. The van der Waals surface area contributed by atoms with Gasteiger partial charge in [0.2, 0.25) is 0 Å². The predicted molar refractivity (Wildman–Crippen MR) is 97.5 cm³/mol. The fourth-order valence-electron chi connectivity index (χ4n) is 3.95. The molecule has 0 saturated carbocycles. The van der Waals surface area contributed by atoms with E-state index in [2.05, 4.69) is 27.0 Å². The standard InChI is InChI=1S/C17H17BrClFO5S.Na/c1-2-3-5-17-6-4-12(21)14(18)13(17)9-7-11(20)16(25-26(22,23)24)15(19)10(9)8-17;/h7H,2-6,8H2,1H3,(H,22,23,24);/q;+1/p-1/t17-;/m0./s1. The Labute approximate surface area is 193 Å². The number of carbonyl (C=O) groups is 1. The largest absolute Gasteiger partial charge is 1.00 e. The molecule has 10 heteroatoms. The topological polar surface area (TPSA) is 83.5 Å². The molecule has 0 saturated heterocycles. The van der Waals surface area contributed by atoms with E-state index in [1.165, 1.54) is 0 Å². The van der Waals surface area contributed by atoms with Gasteiger partial charge in [0, 0.05) is 11.8 Å². The summed E-state index contributed by atoms with van der Waals surface area (Å²) in [5.41, 5.74) is 1.33. The van der Waals surface area contributed by atoms with Crippen LogP contribution in [0.2, 0.25) is 5.02 Å². The van der Waals surface area contributed by atoms with E-state index >= 15 is 0 Å². The van der Waals surface area contributed by atoms with Gasteiger partial charge in [-0.1, -0.05) is 31.4 Å². The second-order valence-corrected chi connectivity index (χ2v) is 8.85. The summed E-state index contributed by atoms with van der Waals surface area (Å²) in [6.45, 7) is 2.06. The molecule has 27 heavy (non-hydrogen) atoms. The molecule has 1 aromatic rings. The van der Waals surface area contributed by atoms with Gasteiger partial charge in [-0.05, 0) is 58.0 Å². The van der Waals surface area contributed by atoms with Crippen molar-refractivity contribution < 1.29 is 55.9 Å². The number of halogens is 3. The third-order valence-corrected chi connectivity index (χ3v) is 6.69. The van der Waals surface area contributed by atoms with Gasteiger partial charge < -0.3 is 8.74 Å². The van der Waals surface area contributed by atoms with Crippen molar-refractivity contribution in [1.29, 1.82) is 0 Å². The normalized spacial score (nSPS) is 21.6. The first-order valence-electron chi connectivity index (χ1n) is 8.19. The van der Waals surface area contributed by atoms with Gasteiger partial charge >= 0.3 is 29.6 Å². The van der Waals surface area contributed by atoms with E-state index in [1.807, 2.05) is 0 Å². The van der Waals surface area contributed by atoms with Crippen LogP contribution in [-0.2, 0) is 21.6 Å². The average molecular weight is 490 g/mol. The molecule has 0 amide bonds. The molecule has 0 aromatic heterocycles. The van der Waals surface area contributed by atoms with E-state index in [0.717, 1.165) is 30.9 Å². The van der Waals surface area contributed by atoms with Crippen LogP contribution >= 0.6 is 27.5 Å². The van der Waals surface area contributed by atoms with Gasteiger partial charge in [-0.2, -0.15) is 0 Å². The Morgan fingerprint density at radius 2 is 2.11 bits per heavy atom. The van der Waals surface area contributed by atoms with Crippen LogP contribution < -0.4 is 33.7 Å². The van der Waals surface area contributed by atoms with Crippen LogP contribution in [-0.4, -0.2) is 18.8 Å². The first-order valence-corrected chi connectivity index (χ1v) is 10.7. The van der Waals surface area contributed by atoms with E-state index < -0.39 is 22.0 Å². The van der Waals surface area contributed by atoms with E-state index in [1.54, 1.807) is 0 Å². The molecule has 0 N–H and O–H groups in total. The summed E-state index contributed by atoms with van der Waals surface area (Å²) in [6, 6.07) is 1.10. The maximum atomic E-state index is 14.5. The zero-order valence-electron chi connectivity index (χ0n) is 14.9. The number of unbranched alkanes of at least 4 members (excludes halogenated alkanes) is 1. The van der Waals surface area contributed by atoms with Crippen LogP contribution in [0.15, 0.2) is 10.5 Å². The quantitative estimate of drug-likeness (QED) is 0.356. The molecule has 0 heterocycles. The molecule has 5 nitrogen and oxygen atoms in total. The van der Waals surface area contributed by atoms with Crippen molar-refractivity contribution in [3.63, 3.8) is 0 Å². The fourth-order valence-corrected chi connectivity index (χ4v) is 5.49. The number of rotatable bonds is 5. The minimum Gasteiger partial charge on any atom is -0.716 e. The molecular weight excluding hydrogens is 474 g/mol. The zero-order valence-corrected chi connectivity index (χ0v) is 20.1. The third kappa shape index (κ3) is 4.32. The number of allylic oxidation sites excluding steroid dienone is 2. The summed E-state index contributed by atoms with van der Waals surface area (Å²) >= 11 is 9.58. The molecule has 1 aromatic carbocycles. The first kappa shape index (κ1) is 23.3. The van der Waals surface area contributed by atoms with E-state index in [-0.39, 0.29) is 45.8 Å². The fraction of sp³-hybridized carbons (Fsp3) is 0.471. The Balaban J connectivity index is 0.00000261. The van der Waals surface area contributed by atoms with Crippen molar-refractivity contribution in [2.45, 2.75) is 45.4 Å². The number of ketones is 1. The summed E-state index contributed by atoms with van der Waals surface area (Å²) in [6.07, 6.45) is 4.10. The number of Topliss-reactive ketones (excluding diaryl/α,β-unsaturated/α-hetero) is 1. The van der Waals surface area contributed by atoms with E-state index in [0.29, 0.717) is 34.9 Å².